The van der Waals surface area contributed by atoms with Gasteiger partial charge in [0.1, 0.15) is 11.5 Å². The van der Waals surface area contributed by atoms with Crippen LogP contribution in [0, 0.1) is 5.92 Å². The van der Waals surface area contributed by atoms with Crippen molar-refractivity contribution in [2.45, 2.75) is 32.6 Å². The van der Waals surface area contributed by atoms with Crippen molar-refractivity contribution in [3.05, 3.63) is 42.2 Å². The van der Waals surface area contributed by atoms with E-state index in [-0.39, 0.29) is 31.3 Å². The number of ether oxygens (including phenoxy) is 1. The van der Waals surface area contributed by atoms with Crippen molar-refractivity contribution in [1.82, 2.24) is 15.7 Å². The number of benzene rings is 1. The van der Waals surface area contributed by atoms with Gasteiger partial charge in [-0.1, -0.05) is 38.3 Å². The Morgan fingerprint density at radius 2 is 2.03 bits per heavy atom. The molecule has 31 heavy (non-hydrogen) atoms. The van der Waals surface area contributed by atoms with E-state index >= 15 is 0 Å². The van der Waals surface area contributed by atoms with Gasteiger partial charge < -0.3 is 19.8 Å². The van der Waals surface area contributed by atoms with Crippen LogP contribution >= 0.6 is 0 Å². The number of unbranched alkanes of at least 4 members (excludes halogenated alkanes) is 2. The van der Waals surface area contributed by atoms with Crippen molar-refractivity contribution in [3.63, 3.8) is 0 Å². The van der Waals surface area contributed by atoms with Crippen LogP contribution in [0.2, 0.25) is 0 Å². The van der Waals surface area contributed by atoms with Gasteiger partial charge >= 0.3 is 0 Å². The molecular formula is C22H29N3O6. The Balaban J connectivity index is 1.89. The number of methoxy groups -OCH3 is 1. The fraction of sp³-hybridized carbons (Fsp3) is 0.409. The Morgan fingerprint density at radius 1 is 1.23 bits per heavy atom. The van der Waals surface area contributed by atoms with Gasteiger partial charge in [0.2, 0.25) is 12.3 Å². The van der Waals surface area contributed by atoms with Gasteiger partial charge in [-0.2, -0.15) is 0 Å². The SMILES string of the molecule is CCCCC[C@H](CN(O)C=O)C(=O)NCNC(=O)c1ccc(-c2cccc(OC)c2)o1. The summed E-state index contributed by atoms with van der Waals surface area (Å²) in [5.41, 5.74) is 0.769. The van der Waals surface area contributed by atoms with E-state index in [4.69, 9.17) is 9.15 Å². The predicted molar refractivity (Wildman–Crippen MR) is 113 cm³/mol. The summed E-state index contributed by atoms with van der Waals surface area (Å²) in [5, 5.41) is 15.1. The van der Waals surface area contributed by atoms with Crippen molar-refractivity contribution in [2.75, 3.05) is 20.3 Å². The highest BCUT2D eigenvalue weighted by Crippen LogP contribution is 2.25. The average Bonchev–Trinajstić information content (AvgIpc) is 3.28. The summed E-state index contributed by atoms with van der Waals surface area (Å²) in [5.74, 6) is -0.105. The Kier molecular flexibility index (Phi) is 9.57. The number of hydroxylamine groups is 2. The zero-order chi connectivity index (χ0) is 22.6. The third-order valence-corrected chi connectivity index (χ3v) is 4.75. The van der Waals surface area contributed by atoms with E-state index in [1.54, 1.807) is 25.3 Å². The summed E-state index contributed by atoms with van der Waals surface area (Å²) in [7, 11) is 1.57. The van der Waals surface area contributed by atoms with Gasteiger partial charge in [0, 0.05) is 5.56 Å². The first kappa shape index (κ1) is 23.9. The van der Waals surface area contributed by atoms with E-state index in [0.29, 0.717) is 23.0 Å². The zero-order valence-corrected chi connectivity index (χ0v) is 17.8. The number of nitrogens with zero attached hydrogens (tertiary/aromatic N) is 1. The molecule has 0 unspecified atom stereocenters. The summed E-state index contributed by atoms with van der Waals surface area (Å²) in [6, 6.07) is 10.5. The number of hydrogen-bond acceptors (Lipinski definition) is 6. The minimum absolute atomic E-state index is 0.102. The van der Waals surface area contributed by atoms with Crippen LogP contribution in [-0.4, -0.2) is 48.8 Å². The molecule has 9 nitrogen and oxygen atoms in total. The first-order chi connectivity index (χ1) is 15.0. The van der Waals surface area contributed by atoms with Crippen molar-refractivity contribution in [1.29, 1.82) is 0 Å². The highest BCUT2D eigenvalue weighted by atomic mass is 16.5. The lowest BCUT2D eigenvalue weighted by Crippen LogP contribution is -2.42. The monoisotopic (exact) mass is 431 g/mol. The molecule has 168 valence electrons. The first-order valence-corrected chi connectivity index (χ1v) is 10.2. The molecule has 0 aliphatic heterocycles. The molecule has 3 amide bonds. The lowest BCUT2D eigenvalue weighted by atomic mass is 10.0. The number of rotatable bonds is 13. The fourth-order valence-corrected chi connectivity index (χ4v) is 3.05. The minimum Gasteiger partial charge on any atom is -0.497 e. The van der Waals surface area contributed by atoms with Crippen molar-refractivity contribution >= 4 is 18.2 Å². The highest BCUT2D eigenvalue weighted by molar-refractivity contribution is 5.92. The molecule has 3 N–H and O–H groups in total. The van der Waals surface area contributed by atoms with Crippen LogP contribution in [0.3, 0.4) is 0 Å². The molecule has 1 heterocycles. The van der Waals surface area contributed by atoms with E-state index in [0.717, 1.165) is 24.8 Å². The zero-order valence-electron chi connectivity index (χ0n) is 17.8. The molecule has 0 bridgehead atoms. The Labute approximate surface area is 181 Å². The summed E-state index contributed by atoms with van der Waals surface area (Å²) in [6.07, 6.45) is 3.52. The van der Waals surface area contributed by atoms with Crippen LogP contribution in [-0.2, 0) is 9.59 Å². The molecule has 1 atom stereocenters. The number of furan rings is 1. The quantitative estimate of drug-likeness (QED) is 0.147. The molecule has 9 heteroatoms. The Hall–Kier alpha value is -3.33. The molecule has 0 saturated carbocycles. The second-order valence-corrected chi connectivity index (χ2v) is 7.04. The van der Waals surface area contributed by atoms with Gasteiger partial charge in [-0.3, -0.25) is 19.6 Å². The standard InChI is InChI=1S/C22H29N3O6/c1-3-4-5-7-17(13-25(29)15-26)21(27)23-14-24-22(28)20-11-10-19(31-20)16-8-6-9-18(12-16)30-2/h6,8-12,15,17,29H,3-5,7,13-14H2,1-2H3,(H,23,27)(H,24,28)/t17-/m1/s1. The second-order valence-electron chi connectivity index (χ2n) is 7.04. The lowest BCUT2D eigenvalue weighted by Gasteiger charge is -2.19. The third kappa shape index (κ3) is 7.45. The third-order valence-electron chi connectivity index (χ3n) is 4.75. The maximum Gasteiger partial charge on any atom is 0.288 e. The fourth-order valence-electron chi connectivity index (χ4n) is 3.05. The highest BCUT2D eigenvalue weighted by Gasteiger charge is 2.21. The minimum atomic E-state index is -0.568. The molecule has 0 aliphatic carbocycles. The topological polar surface area (TPSA) is 121 Å². The van der Waals surface area contributed by atoms with Gasteiger partial charge in [0.25, 0.3) is 5.91 Å². The molecule has 1 aromatic carbocycles. The van der Waals surface area contributed by atoms with Crippen LogP contribution in [0.25, 0.3) is 11.3 Å². The predicted octanol–water partition coefficient (Wildman–Crippen LogP) is 2.80. The molecule has 0 fully saturated rings. The van der Waals surface area contributed by atoms with Gasteiger partial charge in [-0.05, 0) is 30.7 Å². The number of carbonyl (C=O) groups is 3. The van der Waals surface area contributed by atoms with Crippen molar-refractivity contribution in [3.8, 4) is 17.1 Å². The molecule has 0 spiro atoms. The Bertz CT molecular complexity index is 866. The number of carbonyl (C=O) groups excluding carboxylic acids is 3. The molecular weight excluding hydrogens is 402 g/mol. The van der Waals surface area contributed by atoms with E-state index in [2.05, 4.69) is 10.6 Å². The number of hydrogen-bond donors (Lipinski definition) is 3. The number of nitrogens with one attached hydrogen (secondary N) is 2. The van der Waals surface area contributed by atoms with Gasteiger partial charge in [0.05, 0.1) is 26.2 Å². The molecule has 2 aromatic rings. The molecule has 2 rings (SSSR count). The summed E-state index contributed by atoms with van der Waals surface area (Å²) < 4.78 is 10.8. The second kappa shape index (κ2) is 12.4. The van der Waals surface area contributed by atoms with Crippen LogP contribution < -0.4 is 15.4 Å². The normalized spacial score (nSPS) is 11.5. The van der Waals surface area contributed by atoms with Crippen molar-refractivity contribution in [2.24, 2.45) is 5.92 Å². The largest absolute Gasteiger partial charge is 0.497 e. The summed E-state index contributed by atoms with van der Waals surface area (Å²) in [4.78, 5) is 35.4. The maximum atomic E-state index is 12.4. The number of amides is 3. The van der Waals surface area contributed by atoms with E-state index in [1.165, 1.54) is 0 Å². The lowest BCUT2D eigenvalue weighted by molar-refractivity contribution is -0.154. The van der Waals surface area contributed by atoms with E-state index in [9.17, 15) is 19.6 Å². The van der Waals surface area contributed by atoms with E-state index in [1.807, 2.05) is 25.1 Å². The van der Waals surface area contributed by atoms with Crippen LogP contribution in [0.1, 0.15) is 43.2 Å². The van der Waals surface area contributed by atoms with E-state index < -0.39 is 11.8 Å². The summed E-state index contributed by atoms with van der Waals surface area (Å²) in [6.45, 7) is 1.83. The Morgan fingerprint density at radius 3 is 2.74 bits per heavy atom. The van der Waals surface area contributed by atoms with Crippen LogP contribution in [0.5, 0.6) is 5.75 Å². The van der Waals surface area contributed by atoms with Gasteiger partial charge in [-0.25, -0.2) is 5.06 Å². The maximum absolute atomic E-state index is 12.4. The van der Waals surface area contributed by atoms with Gasteiger partial charge in [-0.15, -0.1) is 0 Å². The van der Waals surface area contributed by atoms with Crippen molar-refractivity contribution < 1.29 is 28.7 Å². The van der Waals surface area contributed by atoms with Crippen LogP contribution in [0.15, 0.2) is 40.8 Å². The molecule has 0 radical (unpaired) electrons. The smallest absolute Gasteiger partial charge is 0.288 e. The average molecular weight is 431 g/mol. The summed E-state index contributed by atoms with van der Waals surface area (Å²) >= 11 is 0. The van der Waals surface area contributed by atoms with Crippen LogP contribution in [0.4, 0.5) is 0 Å². The van der Waals surface area contributed by atoms with Gasteiger partial charge in [0.15, 0.2) is 5.76 Å². The molecule has 0 aliphatic rings. The molecule has 1 aromatic heterocycles. The first-order valence-electron chi connectivity index (χ1n) is 10.2. The molecule has 0 saturated heterocycles.